The number of nitrogens with one attached hydrogen (secondary N) is 1. The Morgan fingerprint density at radius 1 is 1.12 bits per heavy atom. The van der Waals surface area contributed by atoms with Gasteiger partial charge in [-0.1, -0.05) is 12.1 Å². The number of para-hydroxylation sites is 2. The lowest BCUT2D eigenvalue weighted by molar-refractivity contribution is -0.124. The zero-order valence-corrected chi connectivity index (χ0v) is 18.2. The average molecular weight is 436 g/mol. The lowest BCUT2D eigenvalue weighted by Gasteiger charge is -2.22. The van der Waals surface area contributed by atoms with Crippen molar-refractivity contribution < 1.29 is 18.7 Å². The Bertz CT molecular complexity index is 1300. The van der Waals surface area contributed by atoms with Crippen LogP contribution in [0.4, 0.5) is 0 Å². The molecular weight excluding hydrogens is 412 g/mol. The third-order valence-electron chi connectivity index (χ3n) is 5.40. The molecule has 0 saturated carbocycles. The van der Waals surface area contributed by atoms with E-state index in [0.29, 0.717) is 28.4 Å². The van der Waals surface area contributed by atoms with Crippen molar-refractivity contribution in [3.05, 3.63) is 76.8 Å². The van der Waals surface area contributed by atoms with Gasteiger partial charge in [0, 0.05) is 25.5 Å². The van der Waals surface area contributed by atoms with Crippen LogP contribution in [0.2, 0.25) is 0 Å². The number of hydrogen-bond donors (Lipinski definition) is 1. The Kier molecular flexibility index (Phi) is 5.72. The van der Waals surface area contributed by atoms with E-state index in [9.17, 15) is 9.59 Å². The van der Waals surface area contributed by atoms with Gasteiger partial charge < -0.3 is 23.8 Å². The summed E-state index contributed by atoms with van der Waals surface area (Å²) in [4.78, 5) is 30.2. The van der Waals surface area contributed by atoms with Crippen LogP contribution < -0.4 is 20.5 Å². The van der Waals surface area contributed by atoms with Crippen molar-refractivity contribution in [3.8, 4) is 11.5 Å². The maximum atomic E-state index is 13.3. The molecule has 0 fully saturated rings. The number of carbonyl (C=O) groups is 1. The van der Waals surface area contributed by atoms with Gasteiger partial charge in [0.25, 0.3) is 0 Å². The number of fused-ring (bicyclic) bond motifs is 1. The Labute approximate surface area is 184 Å². The van der Waals surface area contributed by atoms with Gasteiger partial charge in [0.2, 0.25) is 5.91 Å². The van der Waals surface area contributed by atoms with Crippen molar-refractivity contribution in [2.24, 2.45) is 7.05 Å². The minimum atomic E-state index is -0.818. The number of benzene rings is 2. The summed E-state index contributed by atoms with van der Waals surface area (Å²) in [6, 6.07) is 10.9. The zero-order chi connectivity index (χ0) is 22.8. The second kappa shape index (κ2) is 8.62. The van der Waals surface area contributed by atoms with E-state index < -0.39 is 17.8 Å². The van der Waals surface area contributed by atoms with Crippen LogP contribution in [0.25, 0.3) is 11.1 Å². The Hall–Kier alpha value is -4.01. The van der Waals surface area contributed by atoms with Gasteiger partial charge in [-0.3, -0.25) is 9.36 Å². The van der Waals surface area contributed by atoms with Gasteiger partial charge in [0.05, 0.1) is 19.7 Å². The monoisotopic (exact) mass is 436 g/mol. The summed E-state index contributed by atoms with van der Waals surface area (Å²) < 4.78 is 19.2. The van der Waals surface area contributed by atoms with E-state index in [1.54, 1.807) is 63.9 Å². The molecule has 32 heavy (non-hydrogen) atoms. The number of methoxy groups -OCH3 is 2. The molecule has 0 aliphatic rings. The van der Waals surface area contributed by atoms with Crippen LogP contribution in [0.3, 0.4) is 0 Å². The molecule has 4 aromatic rings. The van der Waals surface area contributed by atoms with Crippen LogP contribution >= 0.6 is 0 Å². The molecule has 0 aliphatic carbocycles. The first-order chi connectivity index (χ1) is 15.4. The lowest BCUT2D eigenvalue weighted by Crippen LogP contribution is -2.38. The van der Waals surface area contributed by atoms with E-state index in [-0.39, 0.29) is 5.91 Å². The fourth-order valence-corrected chi connectivity index (χ4v) is 3.68. The average Bonchev–Trinajstić information content (AvgIpc) is 3.38. The molecule has 2 atom stereocenters. The minimum Gasteiger partial charge on any atom is -0.497 e. The number of amides is 1. The molecule has 0 bridgehead atoms. The van der Waals surface area contributed by atoms with Crippen LogP contribution in [0.1, 0.15) is 30.4 Å². The number of nitrogens with zero attached hydrogens (tertiary/aromatic N) is 3. The Balaban J connectivity index is 1.73. The first kappa shape index (κ1) is 21.2. The van der Waals surface area contributed by atoms with Gasteiger partial charge in [0.15, 0.2) is 5.58 Å². The van der Waals surface area contributed by atoms with E-state index in [2.05, 4.69) is 10.3 Å². The van der Waals surface area contributed by atoms with Crippen molar-refractivity contribution in [2.75, 3.05) is 14.2 Å². The quantitative estimate of drug-likeness (QED) is 0.478. The highest BCUT2D eigenvalue weighted by Crippen LogP contribution is 2.30. The second-order valence-electron chi connectivity index (χ2n) is 7.37. The highest BCUT2D eigenvalue weighted by Gasteiger charge is 2.27. The molecule has 9 nitrogen and oxygen atoms in total. The molecule has 0 aliphatic heterocycles. The standard InChI is InChI=1S/C23H24N4O5/c1-14(27-18-7-5-6-8-19(18)32-23(27)29)22(28)25-20(21-24-9-10-26(21)2)15-11-16(30-3)13-17(12-15)31-4/h5-14,20H,1-4H3,(H,25,28)/t14-,20+/m0/s1. The van der Waals surface area contributed by atoms with Crippen molar-refractivity contribution in [1.82, 2.24) is 19.4 Å². The molecule has 0 unspecified atom stereocenters. The molecule has 2 aromatic carbocycles. The molecule has 0 radical (unpaired) electrons. The van der Waals surface area contributed by atoms with Gasteiger partial charge in [0.1, 0.15) is 29.4 Å². The molecule has 4 rings (SSSR count). The summed E-state index contributed by atoms with van der Waals surface area (Å²) in [5, 5.41) is 3.02. The number of rotatable bonds is 7. The SMILES string of the molecule is COc1cc(OC)cc([C@@H](NC(=O)[C@H](C)n2c(=O)oc3ccccc32)c2nccn2C)c1. The van der Waals surface area contributed by atoms with Crippen LogP contribution in [0.15, 0.2) is 64.1 Å². The molecule has 1 amide bonds. The van der Waals surface area contributed by atoms with Crippen molar-refractivity contribution in [3.63, 3.8) is 0 Å². The topological polar surface area (TPSA) is 101 Å². The molecule has 2 aromatic heterocycles. The van der Waals surface area contributed by atoms with Crippen LogP contribution in [-0.2, 0) is 11.8 Å². The summed E-state index contributed by atoms with van der Waals surface area (Å²) in [6.45, 7) is 1.65. The summed E-state index contributed by atoms with van der Waals surface area (Å²) in [5.41, 5.74) is 1.70. The predicted octanol–water partition coefficient (Wildman–Crippen LogP) is 2.81. The molecular formula is C23H24N4O5. The molecule has 0 saturated heterocycles. The van der Waals surface area contributed by atoms with Crippen molar-refractivity contribution >= 4 is 17.0 Å². The van der Waals surface area contributed by atoms with Crippen LogP contribution in [0.5, 0.6) is 11.5 Å². The molecule has 1 N–H and O–H groups in total. The number of aryl methyl sites for hydroxylation is 1. The normalized spacial score (nSPS) is 13.0. The molecule has 166 valence electrons. The first-order valence-corrected chi connectivity index (χ1v) is 10.0. The number of imidazole rings is 1. The third-order valence-corrected chi connectivity index (χ3v) is 5.40. The summed E-state index contributed by atoms with van der Waals surface area (Å²) in [5.74, 6) is 0.819. The van der Waals surface area contributed by atoms with E-state index in [4.69, 9.17) is 13.9 Å². The van der Waals surface area contributed by atoms with E-state index in [0.717, 1.165) is 5.56 Å². The van der Waals surface area contributed by atoms with Gasteiger partial charge in [-0.05, 0) is 36.8 Å². The van der Waals surface area contributed by atoms with Crippen LogP contribution in [0, 0.1) is 0 Å². The molecule has 0 spiro atoms. The van der Waals surface area contributed by atoms with Gasteiger partial charge in [-0.15, -0.1) is 0 Å². The summed E-state index contributed by atoms with van der Waals surface area (Å²) in [7, 11) is 4.97. The fraction of sp³-hybridized carbons (Fsp3) is 0.261. The van der Waals surface area contributed by atoms with Crippen molar-refractivity contribution in [1.29, 1.82) is 0 Å². The first-order valence-electron chi connectivity index (χ1n) is 10.0. The predicted molar refractivity (Wildman–Crippen MR) is 118 cm³/mol. The Morgan fingerprint density at radius 3 is 2.44 bits per heavy atom. The Morgan fingerprint density at radius 2 is 1.81 bits per heavy atom. The molecule has 9 heteroatoms. The summed E-state index contributed by atoms with van der Waals surface area (Å²) >= 11 is 0. The minimum absolute atomic E-state index is 0.367. The fourth-order valence-electron chi connectivity index (χ4n) is 3.68. The largest absolute Gasteiger partial charge is 0.497 e. The third kappa shape index (κ3) is 3.84. The van der Waals surface area contributed by atoms with E-state index in [1.807, 2.05) is 23.7 Å². The maximum Gasteiger partial charge on any atom is 0.420 e. The van der Waals surface area contributed by atoms with E-state index in [1.165, 1.54) is 4.57 Å². The number of ether oxygens (including phenoxy) is 2. The van der Waals surface area contributed by atoms with Gasteiger partial charge in [-0.25, -0.2) is 9.78 Å². The van der Waals surface area contributed by atoms with Gasteiger partial charge in [-0.2, -0.15) is 0 Å². The zero-order valence-electron chi connectivity index (χ0n) is 18.2. The van der Waals surface area contributed by atoms with Gasteiger partial charge >= 0.3 is 5.76 Å². The number of carbonyl (C=O) groups excluding carboxylic acids is 1. The number of hydrogen-bond acceptors (Lipinski definition) is 6. The second-order valence-corrected chi connectivity index (χ2v) is 7.37. The number of aromatic nitrogens is 3. The smallest absolute Gasteiger partial charge is 0.420 e. The lowest BCUT2D eigenvalue weighted by atomic mass is 10.0. The summed E-state index contributed by atoms with van der Waals surface area (Å²) in [6.07, 6.45) is 3.45. The van der Waals surface area contributed by atoms with Crippen molar-refractivity contribution in [2.45, 2.75) is 19.0 Å². The van der Waals surface area contributed by atoms with E-state index >= 15 is 0 Å². The maximum absolute atomic E-state index is 13.3. The highest BCUT2D eigenvalue weighted by atomic mass is 16.5. The number of oxazole rings is 1. The molecule has 2 heterocycles. The highest BCUT2D eigenvalue weighted by molar-refractivity contribution is 5.83. The van der Waals surface area contributed by atoms with Crippen LogP contribution in [-0.4, -0.2) is 34.2 Å².